The molecule has 0 saturated carbocycles. The van der Waals surface area contributed by atoms with Gasteiger partial charge in [-0.1, -0.05) is 13.0 Å². The molecule has 1 aliphatic rings. The van der Waals surface area contributed by atoms with Gasteiger partial charge in [0.15, 0.2) is 0 Å². The lowest BCUT2D eigenvalue weighted by atomic mass is 10.0. The van der Waals surface area contributed by atoms with Crippen LogP contribution in [0, 0.1) is 0 Å². The van der Waals surface area contributed by atoms with Crippen LogP contribution in [0.5, 0.6) is 0 Å². The molecule has 0 aromatic carbocycles. The minimum Gasteiger partial charge on any atom is -0.374 e. The molecule has 2 heterocycles. The van der Waals surface area contributed by atoms with Gasteiger partial charge in [-0.25, -0.2) is 0 Å². The van der Waals surface area contributed by atoms with Gasteiger partial charge in [0.1, 0.15) is 0 Å². The van der Waals surface area contributed by atoms with Crippen molar-refractivity contribution in [2.75, 3.05) is 26.2 Å². The van der Waals surface area contributed by atoms with Crippen molar-refractivity contribution >= 4 is 0 Å². The van der Waals surface area contributed by atoms with Gasteiger partial charge in [-0.3, -0.25) is 9.88 Å². The molecule has 1 fully saturated rings. The Labute approximate surface area is 96.4 Å². The van der Waals surface area contributed by atoms with Crippen LogP contribution >= 0.6 is 0 Å². The second kappa shape index (κ2) is 5.39. The summed E-state index contributed by atoms with van der Waals surface area (Å²) in [6.45, 7) is 5.91. The monoisotopic (exact) mass is 221 g/mol. The molecule has 1 saturated heterocycles. The summed E-state index contributed by atoms with van der Waals surface area (Å²) in [6, 6.07) is 3.84. The van der Waals surface area contributed by atoms with Crippen molar-refractivity contribution in [2.24, 2.45) is 5.73 Å². The standard InChI is InChI=1S/C12H19N3O/c1-2-15-6-7-16-11(9-15)12(13)10-4-3-5-14-8-10/h3-5,8,11-12H,2,6-7,9,13H2,1H3. The third-order valence-electron chi connectivity index (χ3n) is 3.09. The largest absolute Gasteiger partial charge is 0.374 e. The summed E-state index contributed by atoms with van der Waals surface area (Å²) in [5.74, 6) is 0. The van der Waals surface area contributed by atoms with E-state index in [-0.39, 0.29) is 12.1 Å². The average molecular weight is 221 g/mol. The molecule has 4 heteroatoms. The second-order valence-corrected chi connectivity index (χ2v) is 4.11. The Morgan fingerprint density at radius 2 is 2.56 bits per heavy atom. The summed E-state index contributed by atoms with van der Waals surface area (Å²) in [7, 11) is 0. The molecule has 1 aliphatic heterocycles. The lowest BCUT2D eigenvalue weighted by Crippen LogP contribution is -2.46. The summed E-state index contributed by atoms with van der Waals surface area (Å²) >= 11 is 0. The zero-order chi connectivity index (χ0) is 11.4. The third kappa shape index (κ3) is 2.58. The molecule has 0 spiro atoms. The molecular formula is C12H19N3O. The smallest absolute Gasteiger partial charge is 0.0895 e. The maximum atomic E-state index is 6.19. The maximum Gasteiger partial charge on any atom is 0.0895 e. The molecule has 1 aromatic rings. The summed E-state index contributed by atoms with van der Waals surface area (Å²) in [5, 5.41) is 0. The van der Waals surface area contributed by atoms with Crippen molar-refractivity contribution < 1.29 is 4.74 Å². The van der Waals surface area contributed by atoms with E-state index in [4.69, 9.17) is 10.5 Å². The van der Waals surface area contributed by atoms with E-state index < -0.39 is 0 Å². The summed E-state index contributed by atoms with van der Waals surface area (Å²) in [6.07, 6.45) is 3.66. The minimum atomic E-state index is -0.0805. The molecule has 2 atom stereocenters. The first-order valence-corrected chi connectivity index (χ1v) is 5.80. The zero-order valence-electron chi connectivity index (χ0n) is 9.67. The zero-order valence-corrected chi connectivity index (χ0v) is 9.67. The number of nitrogens with zero attached hydrogens (tertiary/aromatic N) is 2. The fourth-order valence-corrected chi connectivity index (χ4v) is 2.02. The van der Waals surface area contributed by atoms with E-state index in [1.54, 1.807) is 6.20 Å². The lowest BCUT2D eigenvalue weighted by Gasteiger charge is -2.35. The molecule has 0 amide bonds. The number of rotatable bonds is 3. The van der Waals surface area contributed by atoms with Crippen LogP contribution in [0.25, 0.3) is 0 Å². The molecule has 4 nitrogen and oxygen atoms in total. The Bertz CT molecular complexity index is 317. The van der Waals surface area contributed by atoms with Gasteiger partial charge < -0.3 is 10.5 Å². The van der Waals surface area contributed by atoms with E-state index >= 15 is 0 Å². The van der Waals surface area contributed by atoms with Gasteiger partial charge in [0.05, 0.1) is 18.8 Å². The Balaban J connectivity index is 2.01. The van der Waals surface area contributed by atoms with Crippen LogP contribution in [0.2, 0.25) is 0 Å². The topological polar surface area (TPSA) is 51.4 Å². The van der Waals surface area contributed by atoms with E-state index in [1.165, 1.54) is 0 Å². The average Bonchev–Trinajstić information content (AvgIpc) is 2.39. The SMILES string of the molecule is CCN1CCOC(C(N)c2cccnc2)C1. The van der Waals surface area contributed by atoms with Crippen LogP contribution in [-0.4, -0.2) is 42.2 Å². The molecule has 88 valence electrons. The van der Waals surface area contributed by atoms with Crippen LogP contribution < -0.4 is 5.73 Å². The Morgan fingerprint density at radius 1 is 1.69 bits per heavy atom. The molecule has 16 heavy (non-hydrogen) atoms. The highest BCUT2D eigenvalue weighted by Gasteiger charge is 2.26. The molecule has 1 aromatic heterocycles. The Morgan fingerprint density at radius 3 is 3.25 bits per heavy atom. The van der Waals surface area contributed by atoms with E-state index in [0.717, 1.165) is 31.8 Å². The quantitative estimate of drug-likeness (QED) is 0.820. The molecule has 2 rings (SSSR count). The van der Waals surface area contributed by atoms with Gasteiger partial charge in [-0.15, -0.1) is 0 Å². The van der Waals surface area contributed by atoms with Gasteiger partial charge >= 0.3 is 0 Å². The number of morpholine rings is 1. The predicted octanol–water partition coefficient (Wildman–Crippen LogP) is 0.802. The van der Waals surface area contributed by atoms with Crippen molar-refractivity contribution in [3.8, 4) is 0 Å². The first-order valence-electron chi connectivity index (χ1n) is 5.80. The molecule has 0 radical (unpaired) electrons. The second-order valence-electron chi connectivity index (χ2n) is 4.11. The van der Waals surface area contributed by atoms with E-state index in [2.05, 4.69) is 16.8 Å². The van der Waals surface area contributed by atoms with Gasteiger partial charge in [0, 0.05) is 25.5 Å². The Kier molecular flexibility index (Phi) is 3.88. The molecule has 0 aliphatic carbocycles. The first kappa shape index (κ1) is 11.5. The van der Waals surface area contributed by atoms with Gasteiger partial charge in [-0.05, 0) is 18.2 Å². The molecule has 2 N–H and O–H groups in total. The number of hydrogen-bond acceptors (Lipinski definition) is 4. The van der Waals surface area contributed by atoms with Crippen molar-refractivity contribution in [1.82, 2.24) is 9.88 Å². The van der Waals surface area contributed by atoms with Crippen LogP contribution in [0.1, 0.15) is 18.5 Å². The fourth-order valence-electron chi connectivity index (χ4n) is 2.02. The lowest BCUT2D eigenvalue weighted by molar-refractivity contribution is -0.0393. The highest BCUT2D eigenvalue weighted by Crippen LogP contribution is 2.19. The minimum absolute atomic E-state index is 0.0805. The number of pyridine rings is 1. The number of nitrogens with two attached hydrogens (primary N) is 1. The third-order valence-corrected chi connectivity index (χ3v) is 3.09. The van der Waals surface area contributed by atoms with Crippen molar-refractivity contribution in [3.05, 3.63) is 30.1 Å². The molecular weight excluding hydrogens is 202 g/mol. The summed E-state index contributed by atoms with van der Waals surface area (Å²) in [4.78, 5) is 6.46. The number of likely N-dealkylation sites (N-methyl/N-ethyl adjacent to an activating group) is 1. The number of ether oxygens (including phenoxy) is 1. The van der Waals surface area contributed by atoms with Crippen LogP contribution in [-0.2, 0) is 4.74 Å². The van der Waals surface area contributed by atoms with Crippen molar-refractivity contribution in [1.29, 1.82) is 0 Å². The molecule has 2 unspecified atom stereocenters. The normalized spacial score (nSPS) is 24.2. The van der Waals surface area contributed by atoms with Crippen LogP contribution in [0.4, 0.5) is 0 Å². The van der Waals surface area contributed by atoms with Gasteiger partial charge in [0.2, 0.25) is 0 Å². The molecule has 0 bridgehead atoms. The van der Waals surface area contributed by atoms with Gasteiger partial charge in [-0.2, -0.15) is 0 Å². The number of hydrogen-bond donors (Lipinski definition) is 1. The predicted molar refractivity (Wildman–Crippen MR) is 63.0 cm³/mol. The van der Waals surface area contributed by atoms with E-state index in [1.807, 2.05) is 18.3 Å². The highest BCUT2D eigenvalue weighted by atomic mass is 16.5. The Hall–Kier alpha value is -0.970. The van der Waals surface area contributed by atoms with Crippen molar-refractivity contribution in [3.63, 3.8) is 0 Å². The number of aromatic nitrogens is 1. The fraction of sp³-hybridized carbons (Fsp3) is 0.583. The van der Waals surface area contributed by atoms with Crippen LogP contribution in [0.15, 0.2) is 24.5 Å². The highest BCUT2D eigenvalue weighted by molar-refractivity contribution is 5.15. The maximum absolute atomic E-state index is 6.19. The first-order chi connectivity index (χ1) is 7.81. The van der Waals surface area contributed by atoms with Crippen LogP contribution in [0.3, 0.4) is 0 Å². The van der Waals surface area contributed by atoms with Crippen molar-refractivity contribution in [2.45, 2.75) is 19.1 Å². The van der Waals surface area contributed by atoms with E-state index in [0.29, 0.717) is 0 Å². The summed E-state index contributed by atoms with van der Waals surface area (Å²) in [5.41, 5.74) is 7.24. The van der Waals surface area contributed by atoms with E-state index in [9.17, 15) is 0 Å². The van der Waals surface area contributed by atoms with Gasteiger partial charge in [0.25, 0.3) is 0 Å². The summed E-state index contributed by atoms with van der Waals surface area (Å²) < 4.78 is 5.73.